The van der Waals surface area contributed by atoms with Gasteiger partial charge < -0.3 is 14.8 Å². The first-order valence-corrected chi connectivity index (χ1v) is 8.02. The SMILES string of the molecule is CSc1ccc(C(=O)N[C@H]2CCCCC[C@H]2C(=O)O)o1. The number of carbonyl (C=O) groups excluding carboxylic acids is 1. The van der Waals surface area contributed by atoms with Crippen molar-refractivity contribution in [2.24, 2.45) is 5.92 Å². The van der Waals surface area contributed by atoms with E-state index in [0.717, 1.165) is 19.3 Å². The van der Waals surface area contributed by atoms with E-state index in [4.69, 9.17) is 4.42 Å². The Labute approximate surface area is 122 Å². The smallest absolute Gasteiger partial charge is 0.308 e. The molecule has 0 aromatic carbocycles. The van der Waals surface area contributed by atoms with Crippen LogP contribution in [0.15, 0.2) is 21.6 Å². The molecule has 1 aliphatic rings. The summed E-state index contributed by atoms with van der Waals surface area (Å²) < 4.78 is 5.37. The summed E-state index contributed by atoms with van der Waals surface area (Å²) in [4.78, 5) is 23.4. The van der Waals surface area contributed by atoms with Crippen LogP contribution in [0.3, 0.4) is 0 Å². The van der Waals surface area contributed by atoms with Crippen LogP contribution >= 0.6 is 11.8 Å². The largest absolute Gasteiger partial charge is 0.481 e. The van der Waals surface area contributed by atoms with E-state index in [2.05, 4.69) is 5.32 Å². The lowest BCUT2D eigenvalue weighted by molar-refractivity contribution is -0.142. The van der Waals surface area contributed by atoms with Crippen LogP contribution in [-0.2, 0) is 4.79 Å². The average molecular weight is 297 g/mol. The lowest BCUT2D eigenvalue weighted by Crippen LogP contribution is -2.42. The second-order valence-corrected chi connectivity index (χ2v) is 5.80. The summed E-state index contributed by atoms with van der Waals surface area (Å²) in [7, 11) is 0. The van der Waals surface area contributed by atoms with Crippen molar-refractivity contribution >= 4 is 23.6 Å². The highest BCUT2D eigenvalue weighted by Crippen LogP contribution is 2.25. The van der Waals surface area contributed by atoms with Crippen LogP contribution < -0.4 is 5.32 Å². The standard InChI is InChI=1S/C14H19NO4S/c1-20-12-8-7-11(19-12)13(16)15-10-6-4-2-3-5-9(10)14(17)18/h7-10H,2-6H2,1H3,(H,15,16)(H,17,18)/t9-,10+/m1/s1. The van der Waals surface area contributed by atoms with E-state index in [1.165, 1.54) is 11.8 Å². The van der Waals surface area contributed by atoms with Crippen LogP contribution in [0.25, 0.3) is 0 Å². The highest BCUT2D eigenvalue weighted by atomic mass is 32.2. The molecule has 2 N–H and O–H groups in total. The molecule has 0 radical (unpaired) electrons. The van der Waals surface area contributed by atoms with Crippen LogP contribution in [0.5, 0.6) is 0 Å². The number of carboxylic acid groups (broad SMARTS) is 1. The number of carbonyl (C=O) groups is 2. The summed E-state index contributed by atoms with van der Waals surface area (Å²) in [6, 6.07) is 3.04. The van der Waals surface area contributed by atoms with E-state index in [0.29, 0.717) is 17.9 Å². The van der Waals surface area contributed by atoms with Gasteiger partial charge in [0.1, 0.15) is 0 Å². The van der Waals surface area contributed by atoms with E-state index >= 15 is 0 Å². The maximum absolute atomic E-state index is 12.1. The second-order valence-electron chi connectivity index (χ2n) is 4.99. The van der Waals surface area contributed by atoms with Gasteiger partial charge in [-0.1, -0.05) is 31.0 Å². The third kappa shape index (κ3) is 3.56. The molecular formula is C14H19NO4S. The fourth-order valence-corrected chi connectivity index (χ4v) is 2.94. The number of hydrogen-bond acceptors (Lipinski definition) is 4. The Bertz CT molecular complexity index is 485. The van der Waals surface area contributed by atoms with Gasteiger partial charge in [-0.3, -0.25) is 9.59 Å². The third-order valence-corrected chi connectivity index (χ3v) is 4.28. The molecule has 110 valence electrons. The van der Waals surface area contributed by atoms with Crippen LogP contribution in [-0.4, -0.2) is 29.3 Å². The minimum absolute atomic E-state index is 0.239. The zero-order chi connectivity index (χ0) is 14.5. The van der Waals surface area contributed by atoms with Gasteiger partial charge in [-0.25, -0.2) is 0 Å². The van der Waals surface area contributed by atoms with Gasteiger partial charge in [0, 0.05) is 6.04 Å². The first-order valence-electron chi connectivity index (χ1n) is 6.79. The summed E-state index contributed by atoms with van der Waals surface area (Å²) in [6.07, 6.45) is 6.07. The molecule has 2 atom stereocenters. The van der Waals surface area contributed by atoms with Crippen LogP contribution in [0.2, 0.25) is 0 Å². The van der Waals surface area contributed by atoms with Gasteiger partial charge in [-0.05, 0) is 31.2 Å². The summed E-state index contributed by atoms with van der Waals surface area (Å²) in [5.41, 5.74) is 0. The van der Waals surface area contributed by atoms with Crippen LogP contribution in [0.1, 0.15) is 42.7 Å². The van der Waals surface area contributed by atoms with Crippen molar-refractivity contribution in [2.75, 3.05) is 6.26 Å². The number of amides is 1. The molecule has 1 aromatic heterocycles. The Balaban J connectivity index is 2.05. The fraction of sp³-hybridized carbons (Fsp3) is 0.571. The number of nitrogens with one attached hydrogen (secondary N) is 1. The van der Waals surface area contributed by atoms with Gasteiger partial charge >= 0.3 is 5.97 Å². The van der Waals surface area contributed by atoms with Crippen molar-refractivity contribution in [2.45, 2.75) is 43.2 Å². The zero-order valence-corrected chi connectivity index (χ0v) is 12.2. The van der Waals surface area contributed by atoms with Gasteiger partial charge in [-0.2, -0.15) is 0 Å². The number of hydrogen-bond donors (Lipinski definition) is 2. The molecule has 1 saturated carbocycles. The molecule has 2 rings (SSSR count). The molecule has 0 bridgehead atoms. The van der Waals surface area contributed by atoms with Gasteiger partial charge in [-0.15, -0.1) is 0 Å². The number of rotatable bonds is 4. The highest BCUT2D eigenvalue weighted by molar-refractivity contribution is 7.98. The zero-order valence-electron chi connectivity index (χ0n) is 11.4. The summed E-state index contributed by atoms with van der Waals surface area (Å²) in [5, 5.41) is 12.8. The normalized spacial score (nSPS) is 23.1. The lowest BCUT2D eigenvalue weighted by Gasteiger charge is -2.22. The van der Waals surface area contributed by atoms with E-state index in [1.54, 1.807) is 12.1 Å². The van der Waals surface area contributed by atoms with Gasteiger partial charge in [0.2, 0.25) is 0 Å². The monoisotopic (exact) mass is 297 g/mol. The second kappa shape index (κ2) is 6.83. The molecule has 1 amide bonds. The maximum Gasteiger partial charge on any atom is 0.308 e. The first-order chi connectivity index (χ1) is 9.61. The number of thioether (sulfide) groups is 1. The average Bonchev–Trinajstić information content (AvgIpc) is 2.79. The Morgan fingerprint density at radius 1 is 1.30 bits per heavy atom. The third-order valence-electron chi connectivity index (χ3n) is 3.66. The molecule has 5 nitrogen and oxygen atoms in total. The molecule has 20 heavy (non-hydrogen) atoms. The van der Waals surface area contributed by atoms with Gasteiger partial charge in [0.05, 0.1) is 5.92 Å². The van der Waals surface area contributed by atoms with Crippen molar-refractivity contribution in [1.29, 1.82) is 0 Å². The van der Waals surface area contributed by atoms with Crippen LogP contribution in [0.4, 0.5) is 0 Å². The van der Waals surface area contributed by atoms with E-state index < -0.39 is 11.9 Å². The maximum atomic E-state index is 12.1. The van der Waals surface area contributed by atoms with Crippen LogP contribution in [0, 0.1) is 5.92 Å². The van der Waals surface area contributed by atoms with Crippen molar-refractivity contribution in [1.82, 2.24) is 5.32 Å². The predicted octanol–water partition coefficient (Wildman–Crippen LogP) is 2.76. The Morgan fingerprint density at radius 2 is 2.05 bits per heavy atom. The molecule has 0 saturated heterocycles. The molecule has 0 spiro atoms. The molecular weight excluding hydrogens is 278 g/mol. The summed E-state index contributed by atoms with van der Waals surface area (Å²) in [5.74, 6) is -1.43. The van der Waals surface area contributed by atoms with E-state index in [-0.39, 0.29) is 17.7 Å². The quantitative estimate of drug-likeness (QED) is 0.660. The fourth-order valence-electron chi connectivity index (χ4n) is 2.57. The number of furan rings is 1. The molecule has 1 heterocycles. The molecule has 6 heteroatoms. The molecule has 1 fully saturated rings. The van der Waals surface area contributed by atoms with Crippen molar-refractivity contribution in [3.63, 3.8) is 0 Å². The first kappa shape index (κ1) is 15.0. The molecule has 0 aliphatic heterocycles. The summed E-state index contributed by atoms with van der Waals surface area (Å²) >= 11 is 1.42. The minimum Gasteiger partial charge on any atom is -0.481 e. The number of aliphatic carboxylic acids is 1. The Kier molecular flexibility index (Phi) is 5.11. The Morgan fingerprint density at radius 3 is 2.70 bits per heavy atom. The van der Waals surface area contributed by atoms with E-state index in [9.17, 15) is 14.7 Å². The van der Waals surface area contributed by atoms with Crippen molar-refractivity contribution < 1.29 is 19.1 Å². The molecule has 0 unspecified atom stereocenters. The lowest BCUT2D eigenvalue weighted by atomic mass is 9.95. The van der Waals surface area contributed by atoms with Crippen molar-refractivity contribution in [3.05, 3.63) is 17.9 Å². The van der Waals surface area contributed by atoms with E-state index in [1.807, 2.05) is 6.26 Å². The molecule has 1 aromatic rings. The summed E-state index contributed by atoms with van der Waals surface area (Å²) in [6.45, 7) is 0. The highest BCUT2D eigenvalue weighted by Gasteiger charge is 2.31. The molecule has 1 aliphatic carbocycles. The minimum atomic E-state index is -0.832. The van der Waals surface area contributed by atoms with Gasteiger partial charge in [0.15, 0.2) is 10.9 Å². The van der Waals surface area contributed by atoms with Crippen molar-refractivity contribution in [3.8, 4) is 0 Å². The van der Waals surface area contributed by atoms with Gasteiger partial charge in [0.25, 0.3) is 5.91 Å². The topological polar surface area (TPSA) is 79.5 Å². The number of carboxylic acids is 1. The predicted molar refractivity (Wildman–Crippen MR) is 76.0 cm³/mol. The Hall–Kier alpha value is -1.43.